The third kappa shape index (κ3) is 5.42. The maximum atomic E-state index is 12.8. The number of thioether (sulfide) groups is 1. The summed E-state index contributed by atoms with van der Waals surface area (Å²) >= 11 is 0.983. The second kappa shape index (κ2) is 11.3. The van der Waals surface area contributed by atoms with Crippen LogP contribution in [0.2, 0.25) is 0 Å². The van der Waals surface area contributed by atoms with Gasteiger partial charge in [0.1, 0.15) is 6.54 Å². The molecule has 0 unspecified atom stereocenters. The second-order valence-electron chi connectivity index (χ2n) is 7.76. The average Bonchev–Trinajstić information content (AvgIpc) is 3.26. The summed E-state index contributed by atoms with van der Waals surface area (Å²) in [5, 5.41) is 3.67. The first-order chi connectivity index (χ1) is 15.5. The van der Waals surface area contributed by atoms with Crippen molar-refractivity contribution in [3.8, 4) is 0 Å². The number of para-hydroxylation sites is 1. The number of rotatable bonds is 11. The van der Waals surface area contributed by atoms with E-state index < -0.39 is 0 Å². The Labute approximate surface area is 193 Å². The SMILES string of the molecule is CCCCN1C(=O)S/C(=C\c2cn(CC(=O)NCCCOC)c3c(CC)cccc23)C1=O. The van der Waals surface area contributed by atoms with Crippen molar-refractivity contribution in [2.45, 2.75) is 46.1 Å². The van der Waals surface area contributed by atoms with Gasteiger partial charge in [-0.05, 0) is 42.7 Å². The predicted octanol–water partition coefficient (Wildman–Crippen LogP) is 4.19. The van der Waals surface area contributed by atoms with Crippen molar-refractivity contribution < 1.29 is 19.1 Å². The fourth-order valence-corrected chi connectivity index (χ4v) is 4.65. The molecule has 32 heavy (non-hydrogen) atoms. The summed E-state index contributed by atoms with van der Waals surface area (Å²) in [6, 6.07) is 6.03. The minimum atomic E-state index is -0.239. The van der Waals surface area contributed by atoms with Gasteiger partial charge in [0, 0.05) is 44.0 Å². The third-order valence-electron chi connectivity index (χ3n) is 5.45. The molecule has 1 aromatic heterocycles. The van der Waals surface area contributed by atoms with E-state index in [0.717, 1.165) is 59.5 Å². The predicted molar refractivity (Wildman–Crippen MR) is 128 cm³/mol. The molecule has 1 aliphatic heterocycles. The van der Waals surface area contributed by atoms with Crippen molar-refractivity contribution in [3.63, 3.8) is 0 Å². The molecule has 172 valence electrons. The monoisotopic (exact) mass is 457 g/mol. The lowest BCUT2D eigenvalue weighted by Crippen LogP contribution is -2.29. The van der Waals surface area contributed by atoms with E-state index in [4.69, 9.17) is 4.74 Å². The number of nitrogens with one attached hydrogen (secondary N) is 1. The lowest BCUT2D eigenvalue weighted by Gasteiger charge is -2.10. The maximum Gasteiger partial charge on any atom is 0.293 e. The van der Waals surface area contributed by atoms with Gasteiger partial charge < -0.3 is 14.6 Å². The van der Waals surface area contributed by atoms with Crippen molar-refractivity contribution in [2.75, 3.05) is 26.8 Å². The molecule has 3 amide bonds. The summed E-state index contributed by atoms with van der Waals surface area (Å²) in [6.45, 7) is 5.91. The van der Waals surface area contributed by atoms with Crippen LogP contribution in [0.1, 0.15) is 44.2 Å². The van der Waals surface area contributed by atoms with Crippen molar-refractivity contribution in [1.29, 1.82) is 0 Å². The topological polar surface area (TPSA) is 80.6 Å². The first-order valence-corrected chi connectivity index (χ1v) is 11.9. The van der Waals surface area contributed by atoms with Crippen LogP contribution in [-0.2, 0) is 27.3 Å². The number of methoxy groups -OCH3 is 1. The van der Waals surface area contributed by atoms with Gasteiger partial charge in [-0.3, -0.25) is 19.3 Å². The van der Waals surface area contributed by atoms with Gasteiger partial charge in [-0.1, -0.05) is 38.5 Å². The van der Waals surface area contributed by atoms with Gasteiger partial charge in [0.05, 0.1) is 10.4 Å². The van der Waals surface area contributed by atoms with Crippen molar-refractivity contribution in [1.82, 2.24) is 14.8 Å². The van der Waals surface area contributed by atoms with E-state index in [1.54, 1.807) is 13.2 Å². The molecule has 3 rings (SSSR count). The molecule has 0 radical (unpaired) electrons. The largest absolute Gasteiger partial charge is 0.385 e. The van der Waals surface area contributed by atoms with E-state index in [-0.39, 0.29) is 23.6 Å². The highest BCUT2D eigenvalue weighted by Gasteiger charge is 2.34. The van der Waals surface area contributed by atoms with E-state index in [0.29, 0.717) is 24.6 Å². The Morgan fingerprint density at radius 1 is 1.22 bits per heavy atom. The number of carbonyl (C=O) groups excluding carboxylic acids is 3. The Kier molecular flexibility index (Phi) is 8.53. The molecule has 1 aromatic carbocycles. The summed E-state index contributed by atoms with van der Waals surface area (Å²) in [5.74, 6) is -0.313. The Balaban J connectivity index is 1.90. The number of nitrogens with zero attached hydrogens (tertiary/aromatic N) is 2. The molecule has 0 saturated carbocycles. The molecule has 8 heteroatoms. The maximum absolute atomic E-state index is 12.8. The average molecular weight is 458 g/mol. The van der Waals surface area contributed by atoms with Crippen LogP contribution in [0, 0.1) is 0 Å². The molecule has 1 fully saturated rings. The van der Waals surface area contributed by atoms with Crippen LogP contribution in [0.15, 0.2) is 29.3 Å². The van der Waals surface area contributed by atoms with Crippen molar-refractivity contribution in [3.05, 3.63) is 40.4 Å². The Morgan fingerprint density at radius 2 is 2.03 bits per heavy atom. The summed E-state index contributed by atoms with van der Waals surface area (Å²) in [5.41, 5.74) is 2.95. The van der Waals surface area contributed by atoms with E-state index in [1.807, 2.05) is 29.8 Å². The van der Waals surface area contributed by atoms with Gasteiger partial charge in [-0.25, -0.2) is 0 Å². The van der Waals surface area contributed by atoms with Crippen LogP contribution in [0.25, 0.3) is 17.0 Å². The Bertz CT molecular complexity index is 1030. The second-order valence-corrected chi connectivity index (χ2v) is 8.76. The van der Waals surface area contributed by atoms with E-state index >= 15 is 0 Å². The summed E-state index contributed by atoms with van der Waals surface area (Å²) in [6.07, 6.45) is 6.98. The Hall–Kier alpha value is -2.58. The lowest BCUT2D eigenvalue weighted by atomic mass is 10.1. The van der Waals surface area contributed by atoms with Crippen molar-refractivity contribution >= 4 is 45.8 Å². The molecule has 2 aromatic rings. The summed E-state index contributed by atoms with van der Waals surface area (Å²) in [4.78, 5) is 39.4. The van der Waals surface area contributed by atoms with Crippen LogP contribution in [-0.4, -0.2) is 53.3 Å². The standard InChI is InChI=1S/C24H31N3O4S/c1-4-6-12-27-23(29)20(32-24(27)30)14-18-15-26(16-21(28)25-11-8-13-31-3)22-17(5-2)9-7-10-19(18)22/h7,9-10,14-15H,4-6,8,11-13,16H2,1-3H3,(H,25,28)/b20-14-. The molecule has 2 heterocycles. The molecule has 1 saturated heterocycles. The van der Waals surface area contributed by atoms with Gasteiger partial charge in [0.15, 0.2) is 0 Å². The molecule has 1 N–H and O–H groups in total. The molecule has 0 aliphatic carbocycles. The number of aryl methyl sites for hydroxylation is 1. The van der Waals surface area contributed by atoms with E-state index in [9.17, 15) is 14.4 Å². The number of hydrogen-bond donors (Lipinski definition) is 1. The highest BCUT2D eigenvalue weighted by Crippen LogP contribution is 2.35. The molecule has 7 nitrogen and oxygen atoms in total. The molecular weight excluding hydrogens is 426 g/mol. The molecule has 1 aliphatic rings. The zero-order chi connectivity index (χ0) is 23.1. The lowest BCUT2D eigenvalue weighted by molar-refractivity contribution is -0.123. The van der Waals surface area contributed by atoms with Crippen LogP contribution in [0.5, 0.6) is 0 Å². The van der Waals surface area contributed by atoms with Crippen LogP contribution in [0.4, 0.5) is 4.79 Å². The van der Waals surface area contributed by atoms with Crippen LogP contribution < -0.4 is 5.32 Å². The number of ether oxygens (including phenoxy) is 1. The van der Waals surface area contributed by atoms with Crippen LogP contribution in [0.3, 0.4) is 0 Å². The first kappa shape index (κ1) is 24.1. The number of aromatic nitrogens is 1. The van der Waals surface area contributed by atoms with E-state index in [1.165, 1.54) is 4.90 Å². The minimum Gasteiger partial charge on any atom is -0.385 e. The highest BCUT2D eigenvalue weighted by atomic mass is 32.2. The minimum absolute atomic E-state index is 0.0738. The molecule has 0 spiro atoms. The van der Waals surface area contributed by atoms with Gasteiger partial charge >= 0.3 is 0 Å². The number of amides is 3. The molecule has 0 atom stereocenters. The number of hydrogen-bond acceptors (Lipinski definition) is 5. The Morgan fingerprint density at radius 3 is 2.75 bits per heavy atom. The zero-order valence-corrected chi connectivity index (χ0v) is 19.8. The number of fused-ring (bicyclic) bond motifs is 1. The molecule has 0 bridgehead atoms. The fourth-order valence-electron chi connectivity index (χ4n) is 3.80. The quantitative estimate of drug-likeness (QED) is 0.404. The fraction of sp³-hybridized carbons (Fsp3) is 0.458. The van der Waals surface area contributed by atoms with Gasteiger partial charge in [0.2, 0.25) is 5.91 Å². The molecular formula is C24H31N3O4S. The highest BCUT2D eigenvalue weighted by molar-refractivity contribution is 8.18. The number of imide groups is 1. The first-order valence-electron chi connectivity index (χ1n) is 11.1. The van der Waals surface area contributed by atoms with E-state index in [2.05, 4.69) is 18.3 Å². The van der Waals surface area contributed by atoms with Gasteiger partial charge in [0.25, 0.3) is 11.1 Å². The normalized spacial score (nSPS) is 15.3. The number of carbonyl (C=O) groups is 3. The van der Waals surface area contributed by atoms with Gasteiger partial charge in [-0.15, -0.1) is 0 Å². The zero-order valence-electron chi connectivity index (χ0n) is 19.0. The number of benzene rings is 1. The summed E-state index contributed by atoms with van der Waals surface area (Å²) < 4.78 is 6.96. The summed E-state index contributed by atoms with van der Waals surface area (Å²) in [7, 11) is 1.64. The van der Waals surface area contributed by atoms with Crippen LogP contribution >= 0.6 is 11.8 Å². The number of unbranched alkanes of at least 4 members (excludes halogenated alkanes) is 1. The van der Waals surface area contributed by atoms with Gasteiger partial charge in [-0.2, -0.15) is 0 Å². The smallest absolute Gasteiger partial charge is 0.293 e. The third-order valence-corrected chi connectivity index (χ3v) is 6.36. The van der Waals surface area contributed by atoms with Crippen molar-refractivity contribution in [2.24, 2.45) is 0 Å².